The minimum absolute atomic E-state index is 0.0665. The number of Topliss-reactive ketones (excluding diaryl/α,β-unsaturated/α-hetero) is 1. The molecule has 0 spiro atoms. The van der Waals surface area contributed by atoms with E-state index in [4.69, 9.17) is 0 Å². The zero-order chi connectivity index (χ0) is 21.3. The van der Waals surface area contributed by atoms with E-state index < -0.39 is 0 Å². The first-order chi connectivity index (χ1) is 14.4. The lowest BCUT2D eigenvalue weighted by Gasteiger charge is -2.31. The first-order valence-corrected chi connectivity index (χ1v) is 10.3. The predicted octanol–water partition coefficient (Wildman–Crippen LogP) is 1.51. The van der Waals surface area contributed by atoms with Gasteiger partial charge in [0.15, 0.2) is 5.78 Å². The van der Waals surface area contributed by atoms with E-state index >= 15 is 0 Å². The largest absolute Gasteiger partial charge is 0.343 e. The Balaban J connectivity index is 1.27. The lowest BCUT2D eigenvalue weighted by Crippen LogP contribution is -2.40. The molecular weight excluding hydrogens is 384 g/mol. The second kappa shape index (κ2) is 8.25. The van der Waals surface area contributed by atoms with Crippen LogP contribution in [0.4, 0.5) is 0 Å². The number of ketones is 1. The van der Waals surface area contributed by atoms with Crippen LogP contribution in [0.25, 0.3) is 5.65 Å². The molecule has 1 aliphatic rings. The van der Waals surface area contributed by atoms with Gasteiger partial charge >= 0.3 is 0 Å². The highest BCUT2D eigenvalue weighted by Gasteiger charge is 2.28. The fourth-order valence-electron chi connectivity index (χ4n) is 4.03. The summed E-state index contributed by atoms with van der Waals surface area (Å²) >= 11 is 0. The maximum absolute atomic E-state index is 12.6. The number of aromatic nitrogens is 5. The Morgan fingerprint density at radius 3 is 2.73 bits per heavy atom. The van der Waals surface area contributed by atoms with E-state index in [-0.39, 0.29) is 23.2 Å². The molecule has 1 aliphatic heterocycles. The summed E-state index contributed by atoms with van der Waals surface area (Å²) in [6, 6.07) is 1.74. The summed E-state index contributed by atoms with van der Waals surface area (Å²) in [6.07, 6.45) is 8.34. The van der Waals surface area contributed by atoms with Crippen molar-refractivity contribution >= 4 is 17.3 Å². The summed E-state index contributed by atoms with van der Waals surface area (Å²) in [5.41, 5.74) is 2.36. The lowest BCUT2D eigenvalue weighted by molar-refractivity contribution is -0.132. The number of amides is 1. The van der Waals surface area contributed by atoms with E-state index in [1.165, 1.54) is 0 Å². The Hall–Kier alpha value is -3.23. The topological polar surface area (TPSA) is 105 Å². The number of hydrogen-bond acceptors (Lipinski definition) is 5. The smallest absolute Gasteiger partial charge is 0.291 e. The number of hydrogen-bond donors (Lipinski definition) is 1. The van der Waals surface area contributed by atoms with Crippen molar-refractivity contribution in [3.05, 3.63) is 52.1 Å². The third kappa shape index (κ3) is 4.05. The maximum atomic E-state index is 12.6. The van der Waals surface area contributed by atoms with E-state index in [1.807, 2.05) is 18.0 Å². The summed E-state index contributed by atoms with van der Waals surface area (Å²) in [4.78, 5) is 46.0. The van der Waals surface area contributed by atoms with Crippen molar-refractivity contribution in [1.29, 1.82) is 0 Å². The van der Waals surface area contributed by atoms with Crippen LogP contribution >= 0.6 is 0 Å². The molecule has 4 heterocycles. The predicted molar refractivity (Wildman–Crippen MR) is 110 cm³/mol. The van der Waals surface area contributed by atoms with E-state index in [0.29, 0.717) is 56.5 Å². The molecule has 3 aromatic heterocycles. The molecule has 0 aliphatic carbocycles. The number of likely N-dealkylation sites (tertiary alicyclic amines) is 1. The van der Waals surface area contributed by atoms with Crippen molar-refractivity contribution < 1.29 is 9.59 Å². The summed E-state index contributed by atoms with van der Waals surface area (Å²) in [6.45, 7) is 3.09. The number of fused-ring (bicyclic) bond motifs is 1. The van der Waals surface area contributed by atoms with Gasteiger partial charge in [0.2, 0.25) is 11.6 Å². The van der Waals surface area contributed by atoms with E-state index in [2.05, 4.69) is 15.1 Å². The van der Waals surface area contributed by atoms with Gasteiger partial charge in [0, 0.05) is 62.5 Å². The molecule has 3 aromatic rings. The van der Waals surface area contributed by atoms with Crippen molar-refractivity contribution in [2.75, 3.05) is 13.1 Å². The van der Waals surface area contributed by atoms with Crippen LogP contribution < -0.4 is 5.56 Å². The number of nitrogens with one attached hydrogen (secondary N) is 1. The molecule has 1 amide bonds. The quantitative estimate of drug-likeness (QED) is 0.620. The molecule has 158 valence electrons. The van der Waals surface area contributed by atoms with Crippen LogP contribution in [0.1, 0.15) is 47.6 Å². The fourth-order valence-corrected chi connectivity index (χ4v) is 4.03. The first kappa shape index (κ1) is 20.1. The Morgan fingerprint density at radius 2 is 2.03 bits per heavy atom. The summed E-state index contributed by atoms with van der Waals surface area (Å²) < 4.78 is 3.41. The number of carbonyl (C=O) groups is 2. The molecule has 9 nitrogen and oxygen atoms in total. The molecule has 9 heteroatoms. The second-order valence-corrected chi connectivity index (χ2v) is 7.95. The maximum Gasteiger partial charge on any atom is 0.291 e. The minimum atomic E-state index is -0.216. The molecule has 4 rings (SSSR count). The Morgan fingerprint density at radius 1 is 1.27 bits per heavy atom. The highest BCUT2D eigenvalue weighted by atomic mass is 16.2. The number of H-pyrrole nitrogens is 1. The van der Waals surface area contributed by atoms with Gasteiger partial charge in [-0.2, -0.15) is 5.10 Å². The molecule has 0 unspecified atom stereocenters. The second-order valence-electron chi connectivity index (χ2n) is 7.95. The lowest BCUT2D eigenvalue weighted by atomic mass is 9.91. The average molecular weight is 410 g/mol. The highest BCUT2D eigenvalue weighted by molar-refractivity contribution is 5.96. The first-order valence-electron chi connectivity index (χ1n) is 10.3. The van der Waals surface area contributed by atoms with Gasteiger partial charge in [-0.25, -0.2) is 4.98 Å². The summed E-state index contributed by atoms with van der Waals surface area (Å²) in [5.74, 6) is 0.0944. The Bertz CT molecular complexity index is 1130. The average Bonchev–Trinajstić information content (AvgIpc) is 3.34. The van der Waals surface area contributed by atoms with Gasteiger partial charge in [-0.05, 0) is 38.7 Å². The third-order valence-corrected chi connectivity index (χ3v) is 5.77. The third-order valence-electron chi connectivity index (χ3n) is 5.77. The van der Waals surface area contributed by atoms with Crippen LogP contribution in [0, 0.1) is 12.8 Å². The molecule has 0 bridgehead atoms. The number of nitrogens with zero attached hydrogens (tertiary/aromatic N) is 5. The molecule has 0 saturated carbocycles. The summed E-state index contributed by atoms with van der Waals surface area (Å²) in [7, 11) is 1.79. The zero-order valence-corrected chi connectivity index (χ0v) is 17.3. The van der Waals surface area contributed by atoms with Crippen molar-refractivity contribution in [3.8, 4) is 0 Å². The molecule has 1 saturated heterocycles. The molecular formula is C21H26N6O3. The number of rotatable bonds is 6. The molecule has 1 N–H and O–H groups in total. The normalized spacial score (nSPS) is 15.1. The number of aryl methyl sites for hydroxylation is 3. The van der Waals surface area contributed by atoms with Gasteiger partial charge in [0.1, 0.15) is 5.69 Å². The summed E-state index contributed by atoms with van der Waals surface area (Å²) in [5, 5.41) is 4.19. The van der Waals surface area contributed by atoms with Crippen LogP contribution in [0.3, 0.4) is 0 Å². The van der Waals surface area contributed by atoms with Crippen molar-refractivity contribution in [1.82, 2.24) is 29.0 Å². The SMILES string of the molecule is Cc1cnc2c(=O)[nH]c(CCCC(=O)N3CCC(C(=O)c4ccn(C)n4)CC3)cn12. The van der Waals surface area contributed by atoms with Gasteiger partial charge in [-0.15, -0.1) is 0 Å². The van der Waals surface area contributed by atoms with E-state index in [1.54, 1.807) is 34.6 Å². The van der Waals surface area contributed by atoms with Gasteiger partial charge < -0.3 is 9.88 Å². The minimum Gasteiger partial charge on any atom is -0.343 e. The van der Waals surface area contributed by atoms with Crippen molar-refractivity contribution in [3.63, 3.8) is 0 Å². The van der Waals surface area contributed by atoms with E-state index in [0.717, 1.165) is 11.4 Å². The van der Waals surface area contributed by atoms with Crippen molar-refractivity contribution in [2.45, 2.75) is 39.0 Å². The van der Waals surface area contributed by atoms with Gasteiger partial charge in [-0.1, -0.05) is 0 Å². The van der Waals surface area contributed by atoms with E-state index in [9.17, 15) is 14.4 Å². The molecule has 0 radical (unpaired) electrons. The zero-order valence-electron chi connectivity index (χ0n) is 17.3. The van der Waals surface area contributed by atoms with Crippen LogP contribution in [0.5, 0.6) is 0 Å². The molecule has 1 fully saturated rings. The molecule has 30 heavy (non-hydrogen) atoms. The van der Waals surface area contributed by atoms with Gasteiger partial charge in [-0.3, -0.25) is 23.5 Å². The van der Waals surface area contributed by atoms with Crippen molar-refractivity contribution in [2.24, 2.45) is 13.0 Å². The number of piperidine rings is 1. The standard InChI is InChI=1S/C21H26N6O3/c1-14-12-22-20-21(30)23-16(13-27(14)20)4-3-5-18(28)26-10-6-15(7-11-26)19(29)17-8-9-25(2)24-17/h8-9,12-13,15H,3-7,10-11H2,1-2H3,(H,23,30). The van der Waals surface area contributed by atoms with Crippen LogP contribution in [-0.4, -0.2) is 53.8 Å². The van der Waals surface area contributed by atoms with Crippen LogP contribution in [0.2, 0.25) is 0 Å². The fraction of sp³-hybridized carbons (Fsp3) is 0.476. The number of aromatic amines is 1. The Kier molecular flexibility index (Phi) is 5.52. The van der Waals surface area contributed by atoms with Gasteiger partial charge in [0.25, 0.3) is 5.56 Å². The highest BCUT2D eigenvalue weighted by Crippen LogP contribution is 2.22. The van der Waals surface area contributed by atoms with Crippen LogP contribution in [-0.2, 0) is 18.3 Å². The number of imidazole rings is 1. The van der Waals surface area contributed by atoms with Gasteiger partial charge in [0.05, 0.1) is 0 Å². The monoisotopic (exact) mass is 410 g/mol. The molecule has 0 atom stereocenters. The Labute approximate surface area is 173 Å². The van der Waals surface area contributed by atoms with Crippen LogP contribution in [0.15, 0.2) is 29.5 Å². The molecule has 0 aromatic carbocycles. The number of carbonyl (C=O) groups excluding carboxylic acids is 2.